The highest BCUT2D eigenvalue weighted by atomic mass is 19.4. The summed E-state index contributed by atoms with van der Waals surface area (Å²) in [6, 6.07) is -0.526. The van der Waals surface area contributed by atoms with Crippen LogP contribution in [0.4, 0.5) is 13.2 Å². The molecule has 2 N–H and O–H groups in total. The summed E-state index contributed by atoms with van der Waals surface area (Å²) < 4.78 is 36.5. The second kappa shape index (κ2) is 8.58. The third kappa shape index (κ3) is 7.13. The van der Waals surface area contributed by atoms with Crippen molar-refractivity contribution in [3.63, 3.8) is 0 Å². The molecule has 1 aliphatic heterocycles. The van der Waals surface area contributed by atoms with E-state index in [1.165, 1.54) is 0 Å². The summed E-state index contributed by atoms with van der Waals surface area (Å²) in [5, 5.41) is 5.27. The van der Waals surface area contributed by atoms with E-state index < -0.39 is 24.7 Å². The molecule has 7 heteroatoms. The molecule has 1 rings (SSSR count). The maximum atomic E-state index is 12.2. The van der Waals surface area contributed by atoms with Crippen molar-refractivity contribution in [3.05, 3.63) is 0 Å². The number of amides is 1. The number of hydrogen-bond donors (Lipinski definition) is 2. The van der Waals surface area contributed by atoms with Crippen LogP contribution in [0.15, 0.2) is 0 Å². The highest BCUT2D eigenvalue weighted by Crippen LogP contribution is 2.16. The molecule has 4 nitrogen and oxygen atoms in total. The summed E-state index contributed by atoms with van der Waals surface area (Å²) in [6.07, 6.45) is -1.38. The van der Waals surface area contributed by atoms with Crippen LogP contribution in [0.2, 0.25) is 0 Å². The minimum absolute atomic E-state index is 0.510. The Balaban J connectivity index is 2.50. The van der Waals surface area contributed by atoms with Gasteiger partial charge in [-0.15, -0.1) is 0 Å². The number of carbonyl (C=O) groups is 1. The zero-order valence-electron chi connectivity index (χ0n) is 12.8. The lowest BCUT2D eigenvalue weighted by molar-refractivity contribution is -0.141. The Morgan fingerprint density at radius 2 is 2.00 bits per heavy atom. The van der Waals surface area contributed by atoms with E-state index in [4.69, 9.17) is 0 Å². The third-order valence-electron chi connectivity index (χ3n) is 3.85. The van der Waals surface area contributed by atoms with Gasteiger partial charge in [0, 0.05) is 6.54 Å². The number of nitrogens with zero attached hydrogens (tertiary/aromatic N) is 1. The second-order valence-electron chi connectivity index (χ2n) is 5.70. The van der Waals surface area contributed by atoms with Gasteiger partial charge >= 0.3 is 6.18 Å². The number of carbonyl (C=O) groups excluding carboxylic acids is 1. The minimum Gasteiger partial charge on any atom is -0.346 e. The van der Waals surface area contributed by atoms with E-state index in [2.05, 4.69) is 5.32 Å². The maximum absolute atomic E-state index is 12.2. The Labute approximate surface area is 124 Å². The summed E-state index contributed by atoms with van der Waals surface area (Å²) in [5.74, 6) is -0.0367. The second-order valence-corrected chi connectivity index (χ2v) is 5.70. The van der Waals surface area contributed by atoms with Gasteiger partial charge in [0.2, 0.25) is 5.91 Å². The van der Waals surface area contributed by atoms with E-state index in [0.29, 0.717) is 5.92 Å². The molecule has 124 valence electrons. The van der Waals surface area contributed by atoms with Gasteiger partial charge in [0.1, 0.15) is 6.54 Å². The van der Waals surface area contributed by atoms with E-state index in [1.54, 1.807) is 6.92 Å². The van der Waals surface area contributed by atoms with Crippen LogP contribution >= 0.6 is 0 Å². The van der Waals surface area contributed by atoms with Gasteiger partial charge in [0.15, 0.2) is 0 Å². The van der Waals surface area contributed by atoms with Gasteiger partial charge in [-0.05, 0) is 51.7 Å². The molecule has 0 aromatic carbocycles. The molecule has 1 aliphatic rings. The molecule has 1 amide bonds. The van der Waals surface area contributed by atoms with Crippen LogP contribution in [-0.4, -0.2) is 55.7 Å². The average Bonchev–Trinajstić information content (AvgIpc) is 2.44. The molecule has 0 bridgehead atoms. The van der Waals surface area contributed by atoms with E-state index in [9.17, 15) is 18.0 Å². The predicted octanol–water partition coefficient (Wildman–Crippen LogP) is 1.77. The van der Waals surface area contributed by atoms with Crippen LogP contribution in [0.1, 0.15) is 33.1 Å². The van der Waals surface area contributed by atoms with Crippen molar-refractivity contribution >= 4 is 5.91 Å². The Bertz CT molecular complexity index is 317. The van der Waals surface area contributed by atoms with Crippen LogP contribution in [0.3, 0.4) is 0 Å². The number of hydrogen-bond acceptors (Lipinski definition) is 3. The fraction of sp³-hybridized carbons (Fsp3) is 0.929. The van der Waals surface area contributed by atoms with Crippen molar-refractivity contribution < 1.29 is 18.0 Å². The van der Waals surface area contributed by atoms with Crippen molar-refractivity contribution in [2.24, 2.45) is 5.92 Å². The lowest BCUT2D eigenvalue weighted by Gasteiger charge is -2.33. The van der Waals surface area contributed by atoms with E-state index >= 15 is 0 Å². The van der Waals surface area contributed by atoms with E-state index in [0.717, 1.165) is 45.4 Å². The topological polar surface area (TPSA) is 44.4 Å². The van der Waals surface area contributed by atoms with E-state index in [1.807, 2.05) is 17.1 Å². The maximum Gasteiger partial charge on any atom is 0.405 e. The molecule has 1 atom stereocenters. The average molecular weight is 309 g/mol. The van der Waals surface area contributed by atoms with Gasteiger partial charge in [0.05, 0.1) is 6.04 Å². The molecule has 0 aromatic rings. The van der Waals surface area contributed by atoms with Gasteiger partial charge in [-0.1, -0.05) is 6.92 Å². The lowest BCUT2D eigenvalue weighted by atomic mass is 9.97. The quantitative estimate of drug-likeness (QED) is 0.753. The Hall–Kier alpha value is -0.820. The summed E-state index contributed by atoms with van der Waals surface area (Å²) in [4.78, 5) is 13.9. The monoisotopic (exact) mass is 309 g/mol. The molecule has 0 aliphatic carbocycles. The van der Waals surface area contributed by atoms with Crippen molar-refractivity contribution in [2.75, 3.05) is 32.7 Å². The first kappa shape index (κ1) is 18.2. The Morgan fingerprint density at radius 1 is 1.38 bits per heavy atom. The van der Waals surface area contributed by atoms with Crippen molar-refractivity contribution in [2.45, 2.75) is 45.3 Å². The minimum atomic E-state index is -4.36. The van der Waals surface area contributed by atoms with Crippen LogP contribution in [-0.2, 0) is 4.79 Å². The molecule has 21 heavy (non-hydrogen) atoms. The molecule has 1 saturated heterocycles. The number of rotatable bonds is 7. The molecular weight excluding hydrogens is 283 g/mol. The fourth-order valence-corrected chi connectivity index (χ4v) is 2.63. The van der Waals surface area contributed by atoms with Crippen LogP contribution in [0.5, 0.6) is 0 Å². The van der Waals surface area contributed by atoms with Gasteiger partial charge in [-0.3, -0.25) is 9.69 Å². The third-order valence-corrected chi connectivity index (χ3v) is 3.85. The lowest BCUT2D eigenvalue weighted by Crippen LogP contribution is -2.49. The Kier molecular flexibility index (Phi) is 7.45. The first-order valence-corrected chi connectivity index (χ1v) is 7.62. The summed E-state index contributed by atoms with van der Waals surface area (Å²) in [5.41, 5.74) is 0. The molecule has 0 spiro atoms. The number of halogens is 3. The molecule has 1 unspecified atom stereocenters. The summed E-state index contributed by atoms with van der Waals surface area (Å²) in [6.45, 7) is 5.88. The van der Waals surface area contributed by atoms with Gasteiger partial charge in [-0.2, -0.15) is 13.2 Å². The van der Waals surface area contributed by atoms with E-state index in [-0.39, 0.29) is 0 Å². The molecular formula is C14H26F3N3O. The fourth-order valence-electron chi connectivity index (χ4n) is 2.63. The van der Waals surface area contributed by atoms with Crippen LogP contribution in [0.25, 0.3) is 0 Å². The molecule has 1 heterocycles. The molecule has 0 saturated carbocycles. The first-order chi connectivity index (χ1) is 9.83. The van der Waals surface area contributed by atoms with Crippen LogP contribution in [0, 0.1) is 5.92 Å². The van der Waals surface area contributed by atoms with Gasteiger partial charge in [0.25, 0.3) is 0 Å². The molecule has 1 fully saturated rings. The summed E-state index contributed by atoms with van der Waals surface area (Å²) in [7, 11) is 0. The largest absolute Gasteiger partial charge is 0.405 e. The summed E-state index contributed by atoms with van der Waals surface area (Å²) >= 11 is 0. The highest BCUT2D eigenvalue weighted by molar-refractivity contribution is 5.81. The van der Waals surface area contributed by atoms with Gasteiger partial charge in [-0.25, -0.2) is 0 Å². The van der Waals surface area contributed by atoms with Crippen molar-refractivity contribution in [1.29, 1.82) is 0 Å². The van der Waals surface area contributed by atoms with Crippen molar-refractivity contribution in [3.8, 4) is 0 Å². The number of alkyl halides is 3. The van der Waals surface area contributed by atoms with Crippen molar-refractivity contribution in [1.82, 2.24) is 15.5 Å². The molecule has 0 radical (unpaired) electrons. The highest BCUT2D eigenvalue weighted by Gasteiger charge is 2.30. The normalized spacial score (nSPS) is 18.8. The number of nitrogens with one attached hydrogen (secondary N) is 2. The Morgan fingerprint density at radius 3 is 2.52 bits per heavy atom. The SMILES string of the molecule is CCCN(CC1CCNCC1)C(C)C(=O)NCC(F)(F)F. The number of piperidine rings is 1. The molecule has 0 aromatic heterocycles. The standard InChI is InChI=1S/C14H26F3N3O/c1-3-8-20(9-12-4-6-18-7-5-12)11(2)13(21)19-10-14(15,16)17/h11-12,18H,3-10H2,1-2H3,(H,19,21). The zero-order chi connectivity index (χ0) is 15.9. The van der Waals surface area contributed by atoms with Gasteiger partial charge < -0.3 is 10.6 Å². The smallest absolute Gasteiger partial charge is 0.346 e. The predicted molar refractivity (Wildman–Crippen MR) is 76.0 cm³/mol. The van der Waals surface area contributed by atoms with Crippen LogP contribution < -0.4 is 10.6 Å². The first-order valence-electron chi connectivity index (χ1n) is 7.62. The zero-order valence-corrected chi connectivity index (χ0v) is 12.8.